The number of nitrogens with one attached hydrogen (secondary N) is 1. The third kappa shape index (κ3) is 4.38. The molecular weight excluding hydrogens is 268 g/mol. The van der Waals surface area contributed by atoms with E-state index in [0.717, 1.165) is 43.7 Å². The lowest BCUT2D eigenvalue weighted by atomic mass is 9.83. The van der Waals surface area contributed by atoms with Crippen LogP contribution in [0, 0.1) is 4.51 Å². The lowest BCUT2D eigenvalue weighted by Gasteiger charge is -2.25. The van der Waals surface area contributed by atoms with E-state index in [1.165, 1.54) is 6.42 Å². The van der Waals surface area contributed by atoms with Crippen molar-refractivity contribution in [2.45, 2.75) is 52.4 Å². The van der Waals surface area contributed by atoms with E-state index < -0.39 is 0 Å². The molecule has 0 atom stereocenters. The molecule has 0 saturated heterocycles. The second-order valence-electron chi connectivity index (χ2n) is 6.60. The first-order valence-corrected chi connectivity index (χ1v) is 7.96. The number of nitrogens with zero attached hydrogens (tertiary/aromatic N) is 1. The first kappa shape index (κ1) is 17.3. The van der Waals surface area contributed by atoms with Gasteiger partial charge in [0.05, 0.1) is 10.2 Å². The molecule has 0 aromatic heterocycles. The Morgan fingerprint density at radius 1 is 1.20 bits per heavy atom. The fraction of sp³-hybridized carbons (Fsp3) is 0.750. The van der Waals surface area contributed by atoms with Gasteiger partial charge >= 0.3 is 0 Å². The minimum atomic E-state index is -0.0470. The quantitative estimate of drug-likeness (QED) is 0.588. The van der Waals surface area contributed by atoms with Crippen LogP contribution in [-0.4, -0.2) is 31.6 Å². The van der Waals surface area contributed by atoms with Gasteiger partial charge in [-0.2, -0.15) is 0 Å². The predicted molar refractivity (Wildman–Crippen MR) is 90.1 cm³/mol. The summed E-state index contributed by atoms with van der Waals surface area (Å²) in [6, 6.07) is 0. The lowest BCUT2D eigenvalue weighted by molar-refractivity contribution is 0.328. The number of unbranched alkanes of at least 4 members (excludes halogenated alkanes) is 1. The molecule has 1 aromatic carbocycles. The van der Waals surface area contributed by atoms with Crippen LogP contribution in [0.5, 0.6) is 0 Å². The molecule has 0 aliphatic heterocycles. The summed E-state index contributed by atoms with van der Waals surface area (Å²) in [5, 5.41) is 3.29. The zero-order valence-corrected chi connectivity index (χ0v) is 14.3. The topological polar surface area (TPSA) is 32.3 Å². The molecular formula is C16H28N2OS. The van der Waals surface area contributed by atoms with Crippen molar-refractivity contribution in [2.24, 2.45) is 0 Å². The highest BCUT2D eigenvalue weighted by Gasteiger charge is 2.27. The van der Waals surface area contributed by atoms with Crippen LogP contribution in [0.4, 0.5) is 5.69 Å². The first-order chi connectivity index (χ1) is 9.29. The molecule has 20 heavy (non-hydrogen) atoms. The highest BCUT2D eigenvalue weighted by atomic mass is 32.1. The summed E-state index contributed by atoms with van der Waals surface area (Å²) in [5.74, 6) is 0. The third-order valence-electron chi connectivity index (χ3n) is 3.53. The van der Waals surface area contributed by atoms with Gasteiger partial charge in [-0.25, -0.2) is 0 Å². The van der Waals surface area contributed by atoms with Crippen molar-refractivity contribution in [1.29, 1.82) is 0 Å². The monoisotopic (exact) mass is 296 g/mol. The van der Waals surface area contributed by atoms with Crippen molar-refractivity contribution in [3.05, 3.63) is 20.3 Å². The highest BCUT2D eigenvalue weighted by molar-refractivity contribution is 7.71. The molecule has 0 spiro atoms. The SMILES string of the molecule is CCCN(C)CCCCNc1c(C(C)(C)C)c(=S)c1=O. The summed E-state index contributed by atoms with van der Waals surface area (Å²) in [6.45, 7) is 11.6. The molecule has 3 nitrogen and oxygen atoms in total. The second kappa shape index (κ2) is 7.32. The van der Waals surface area contributed by atoms with Crippen LogP contribution in [0.15, 0.2) is 4.79 Å². The van der Waals surface area contributed by atoms with Gasteiger partial charge in [-0.15, -0.1) is 0 Å². The van der Waals surface area contributed by atoms with Crippen molar-refractivity contribution in [2.75, 3.05) is 32.0 Å². The Morgan fingerprint density at radius 2 is 1.85 bits per heavy atom. The standard InChI is InChI=1S/C16H28N2OS/c1-6-10-18(5)11-8-7-9-17-13-12(16(2,3)4)15(20)14(13)19/h17H,6-11H2,1-5H3. The maximum absolute atomic E-state index is 11.8. The van der Waals surface area contributed by atoms with Crippen molar-refractivity contribution in [3.63, 3.8) is 0 Å². The largest absolute Gasteiger partial charge is 0.382 e. The van der Waals surface area contributed by atoms with Crippen LogP contribution in [0.2, 0.25) is 0 Å². The highest BCUT2D eigenvalue weighted by Crippen LogP contribution is 2.30. The minimum absolute atomic E-state index is 0.0213. The van der Waals surface area contributed by atoms with Crippen LogP contribution in [0.25, 0.3) is 0 Å². The molecule has 0 amide bonds. The summed E-state index contributed by atoms with van der Waals surface area (Å²) in [7, 11) is 2.16. The molecule has 0 bridgehead atoms. The Hall–Kier alpha value is -0.740. The minimum Gasteiger partial charge on any atom is -0.382 e. The second-order valence-corrected chi connectivity index (χ2v) is 7.00. The van der Waals surface area contributed by atoms with E-state index in [9.17, 15) is 4.79 Å². The van der Waals surface area contributed by atoms with Gasteiger partial charge in [-0.05, 0) is 44.8 Å². The van der Waals surface area contributed by atoms with E-state index in [0.29, 0.717) is 4.51 Å². The van der Waals surface area contributed by atoms with E-state index in [-0.39, 0.29) is 10.8 Å². The van der Waals surface area contributed by atoms with E-state index in [4.69, 9.17) is 12.2 Å². The molecule has 0 aliphatic carbocycles. The fourth-order valence-corrected chi connectivity index (χ4v) is 3.00. The number of rotatable bonds is 8. The van der Waals surface area contributed by atoms with Crippen molar-refractivity contribution in [3.8, 4) is 0 Å². The molecule has 1 N–H and O–H groups in total. The average Bonchev–Trinajstić information content (AvgIpc) is 2.35. The van der Waals surface area contributed by atoms with E-state index in [1.54, 1.807) is 0 Å². The van der Waals surface area contributed by atoms with E-state index >= 15 is 0 Å². The number of hydrogen-bond acceptors (Lipinski definition) is 4. The molecule has 0 heterocycles. The molecule has 0 aliphatic rings. The van der Waals surface area contributed by atoms with Gasteiger partial charge in [-0.3, -0.25) is 4.79 Å². The number of hydrogen-bond donors (Lipinski definition) is 1. The maximum atomic E-state index is 11.8. The van der Waals surface area contributed by atoms with Crippen LogP contribution < -0.4 is 10.7 Å². The molecule has 114 valence electrons. The van der Waals surface area contributed by atoms with Gasteiger partial charge in [0.2, 0.25) is 5.43 Å². The van der Waals surface area contributed by atoms with Crippen LogP contribution in [0.1, 0.15) is 52.5 Å². The molecule has 0 fully saturated rings. The zero-order valence-electron chi connectivity index (χ0n) is 13.5. The Kier molecular flexibility index (Phi) is 6.34. The summed E-state index contributed by atoms with van der Waals surface area (Å²) in [4.78, 5) is 14.2. The Balaban J connectivity index is 2.39. The molecule has 0 saturated carbocycles. The summed E-state index contributed by atoms with van der Waals surface area (Å²) in [6.07, 6.45) is 3.43. The average molecular weight is 296 g/mol. The Bertz CT molecular complexity index is 495. The van der Waals surface area contributed by atoms with Crippen LogP contribution >= 0.6 is 12.2 Å². The smallest absolute Gasteiger partial charge is 0.220 e. The van der Waals surface area contributed by atoms with Crippen molar-refractivity contribution < 1.29 is 0 Å². The van der Waals surface area contributed by atoms with E-state index in [1.807, 2.05) is 0 Å². The van der Waals surface area contributed by atoms with Crippen LogP contribution in [-0.2, 0) is 5.41 Å². The van der Waals surface area contributed by atoms with Gasteiger partial charge in [0.15, 0.2) is 0 Å². The number of anilines is 1. The Labute approximate surface area is 128 Å². The van der Waals surface area contributed by atoms with Crippen molar-refractivity contribution >= 4 is 17.9 Å². The lowest BCUT2D eigenvalue weighted by Crippen LogP contribution is -2.29. The molecule has 0 unspecified atom stereocenters. The summed E-state index contributed by atoms with van der Waals surface area (Å²) >= 11 is 5.16. The van der Waals surface area contributed by atoms with Gasteiger partial charge in [0, 0.05) is 12.1 Å². The maximum Gasteiger partial charge on any atom is 0.220 e. The first-order valence-electron chi connectivity index (χ1n) is 7.55. The van der Waals surface area contributed by atoms with E-state index in [2.05, 4.69) is 45.0 Å². The van der Waals surface area contributed by atoms with Gasteiger partial charge in [0.1, 0.15) is 0 Å². The zero-order chi connectivity index (χ0) is 15.3. The normalized spacial score (nSPS) is 12.3. The molecule has 0 radical (unpaired) electrons. The molecule has 1 rings (SSSR count). The van der Waals surface area contributed by atoms with Gasteiger partial charge in [-0.1, -0.05) is 39.9 Å². The van der Waals surface area contributed by atoms with Crippen molar-refractivity contribution in [1.82, 2.24) is 4.90 Å². The van der Waals surface area contributed by atoms with Gasteiger partial charge < -0.3 is 10.2 Å². The summed E-state index contributed by atoms with van der Waals surface area (Å²) in [5.41, 5.74) is 1.76. The molecule has 1 aromatic rings. The van der Waals surface area contributed by atoms with Crippen LogP contribution in [0.3, 0.4) is 0 Å². The summed E-state index contributed by atoms with van der Waals surface area (Å²) < 4.78 is 0.516. The fourth-order valence-electron chi connectivity index (χ4n) is 2.49. The molecule has 4 heteroatoms. The Morgan fingerprint density at radius 3 is 2.40 bits per heavy atom. The predicted octanol–water partition coefficient (Wildman–Crippen LogP) is 3.48. The third-order valence-corrected chi connectivity index (χ3v) is 3.92. The van der Waals surface area contributed by atoms with Gasteiger partial charge in [0.25, 0.3) is 0 Å².